The highest BCUT2D eigenvalue weighted by molar-refractivity contribution is 8.15. The molecule has 1 aliphatic heterocycles. The van der Waals surface area contributed by atoms with E-state index in [-0.39, 0.29) is 40.6 Å². The fourth-order valence-electron chi connectivity index (χ4n) is 4.60. The van der Waals surface area contributed by atoms with Crippen molar-refractivity contribution in [3.05, 3.63) is 84.2 Å². The number of aromatic nitrogens is 3. The minimum Gasteiger partial charge on any atom is -0.482 e. The highest BCUT2D eigenvalue weighted by Gasteiger charge is 2.61. The molecule has 19 heteroatoms. The lowest BCUT2D eigenvalue weighted by Crippen LogP contribution is -2.41. The maximum absolute atomic E-state index is 13.2. The predicted octanol–water partition coefficient (Wildman–Crippen LogP) is 7.67. The van der Waals surface area contributed by atoms with Gasteiger partial charge in [-0.05, 0) is 60.4 Å². The first-order valence-electron chi connectivity index (χ1n) is 14.8. The number of amides is 3. The fourth-order valence-corrected chi connectivity index (χ4v) is 5.46. The fraction of sp³-hybridized carbons (Fsp3) is 0.281. The predicted molar refractivity (Wildman–Crippen MR) is 170 cm³/mol. The van der Waals surface area contributed by atoms with Gasteiger partial charge in [-0.15, -0.1) is 5.10 Å². The highest BCUT2D eigenvalue weighted by atomic mass is 32.2. The second-order valence-electron chi connectivity index (χ2n) is 11.1. The third-order valence-electron chi connectivity index (χ3n) is 7.18. The molecule has 0 saturated carbocycles. The normalized spacial score (nSPS) is 15.3. The summed E-state index contributed by atoms with van der Waals surface area (Å²) in [5, 5.41) is 6.97. The minimum atomic E-state index is -5.87. The number of urea groups is 1. The van der Waals surface area contributed by atoms with Crippen LogP contribution in [0.25, 0.3) is 17.1 Å². The Morgan fingerprint density at radius 2 is 1.69 bits per heavy atom. The van der Waals surface area contributed by atoms with E-state index in [9.17, 15) is 44.7 Å². The molecule has 3 amide bonds. The van der Waals surface area contributed by atoms with Crippen LogP contribution in [0.4, 0.5) is 45.6 Å². The number of ether oxygens (including phenoxy) is 2. The van der Waals surface area contributed by atoms with Gasteiger partial charge in [0.2, 0.25) is 5.91 Å². The second kappa shape index (κ2) is 14.6. The van der Waals surface area contributed by atoms with Crippen LogP contribution >= 0.6 is 11.8 Å². The Hall–Kier alpha value is -5.20. The van der Waals surface area contributed by atoms with Crippen LogP contribution < -0.4 is 19.7 Å². The van der Waals surface area contributed by atoms with Crippen LogP contribution in [0.2, 0.25) is 0 Å². The summed E-state index contributed by atoms with van der Waals surface area (Å²) in [6.45, 7) is 2.09. The number of hydrogen-bond acceptors (Lipinski definition) is 7. The maximum Gasteiger partial charge on any atom is 0.499 e. The quantitative estimate of drug-likeness (QED) is 0.166. The van der Waals surface area contributed by atoms with E-state index in [1.54, 1.807) is 31.2 Å². The van der Waals surface area contributed by atoms with Gasteiger partial charge in [0.05, 0.1) is 17.1 Å². The molecule has 1 fully saturated rings. The van der Waals surface area contributed by atoms with Crippen LogP contribution in [0.3, 0.4) is 0 Å². The third kappa shape index (κ3) is 9.13. The number of carbonyl (C=O) groups is 2. The average molecular weight is 743 g/mol. The van der Waals surface area contributed by atoms with Gasteiger partial charge in [0.1, 0.15) is 17.8 Å². The first-order valence-corrected chi connectivity index (χ1v) is 15.8. The van der Waals surface area contributed by atoms with Crippen molar-refractivity contribution in [1.82, 2.24) is 20.1 Å². The molecule has 0 bridgehead atoms. The number of anilines is 1. The molecule has 10 nitrogen and oxygen atoms in total. The number of aryl methyl sites for hydroxylation is 1. The van der Waals surface area contributed by atoms with E-state index < -0.39 is 42.8 Å². The summed E-state index contributed by atoms with van der Waals surface area (Å²) in [6.07, 6.45) is -14.5. The van der Waals surface area contributed by atoms with Crippen molar-refractivity contribution in [3.63, 3.8) is 0 Å². The van der Waals surface area contributed by atoms with Crippen molar-refractivity contribution in [2.24, 2.45) is 4.99 Å². The Morgan fingerprint density at radius 1 is 1.00 bits per heavy atom. The molecule has 4 aromatic rings. The molecule has 5 rings (SSSR count). The van der Waals surface area contributed by atoms with Gasteiger partial charge in [0, 0.05) is 12.1 Å². The number of amidine groups is 1. The Labute approximate surface area is 288 Å². The van der Waals surface area contributed by atoms with E-state index in [2.05, 4.69) is 25.1 Å². The lowest BCUT2D eigenvalue weighted by molar-refractivity contribution is -0.360. The summed E-state index contributed by atoms with van der Waals surface area (Å²) >= 11 is 0.958. The number of carbonyl (C=O) groups excluding carboxylic acids is 2. The Morgan fingerprint density at radius 3 is 2.33 bits per heavy atom. The van der Waals surface area contributed by atoms with Crippen molar-refractivity contribution in [1.29, 1.82) is 0 Å². The molecular formula is C32H26F8N6O4S. The number of aliphatic imine (C=N–C) groups is 1. The van der Waals surface area contributed by atoms with Gasteiger partial charge in [0.25, 0.3) is 0 Å². The lowest BCUT2D eigenvalue weighted by Gasteiger charge is -2.21. The van der Waals surface area contributed by atoms with Gasteiger partial charge >= 0.3 is 24.5 Å². The molecule has 1 saturated heterocycles. The van der Waals surface area contributed by atoms with Crippen molar-refractivity contribution < 1.29 is 54.2 Å². The Kier molecular flexibility index (Phi) is 10.6. The van der Waals surface area contributed by atoms with Gasteiger partial charge < -0.3 is 14.8 Å². The zero-order valence-electron chi connectivity index (χ0n) is 26.4. The molecule has 3 aromatic carbocycles. The van der Waals surface area contributed by atoms with Crippen LogP contribution in [0.15, 0.2) is 78.0 Å². The molecule has 1 N–H and O–H groups in total. The van der Waals surface area contributed by atoms with Crippen LogP contribution in [-0.2, 0) is 4.79 Å². The highest BCUT2D eigenvalue weighted by Crippen LogP contribution is 2.38. The first kappa shape index (κ1) is 37.1. The summed E-state index contributed by atoms with van der Waals surface area (Å²) in [5.41, 5.74) is 2.41. The summed E-state index contributed by atoms with van der Waals surface area (Å²) in [5.74, 6) is -1.38. The molecule has 1 aliphatic rings. The number of nitrogens with zero attached hydrogens (tertiary/aromatic N) is 5. The van der Waals surface area contributed by atoms with Gasteiger partial charge in [-0.2, -0.15) is 40.1 Å². The van der Waals surface area contributed by atoms with E-state index >= 15 is 0 Å². The number of nitrogens with one attached hydrogen (secondary N) is 1. The molecule has 0 radical (unpaired) electrons. The summed E-state index contributed by atoms with van der Waals surface area (Å²) in [6, 6.07) is 14.9. The largest absolute Gasteiger partial charge is 0.499 e. The van der Waals surface area contributed by atoms with Crippen molar-refractivity contribution in [3.8, 4) is 28.6 Å². The average Bonchev–Trinajstić information content (AvgIpc) is 3.69. The molecule has 1 unspecified atom stereocenters. The van der Waals surface area contributed by atoms with E-state index in [1.165, 1.54) is 41.3 Å². The third-order valence-corrected chi connectivity index (χ3v) is 8.10. The second-order valence-corrected chi connectivity index (χ2v) is 12.1. The number of rotatable bonds is 10. The maximum atomic E-state index is 13.2. The summed E-state index contributed by atoms with van der Waals surface area (Å²) in [7, 11) is 0. The monoisotopic (exact) mass is 742 g/mol. The summed E-state index contributed by atoms with van der Waals surface area (Å²) in [4.78, 5) is 34.8. The number of alkyl halides is 8. The zero-order chi connectivity index (χ0) is 37.1. The van der Waals surface area contributed by atoms with E-state index in [0.29, 0.717) is 16.8 Å². The molecule has 0 aliphatic carbocycles. The molecule has 270 valence electrons. The Balaban J connectivity index is 1.20. The van der Waals surface area contributed by atoms with E-state index in [1.807, 2.05) is 6.92 Å². The SMILES string of the molecule is Cc1ccc(OCC(F)(F)F)c(N2C(=O)CSC2=NC(=O)NCC(C)c2ccc(-c3ncn(-c4ccc(OC(F)(F)C(F)(F)F)cc4)n3)cc2)c1. The van der Waals surface area contributed by atoms with E-state index in [0.717, 1.165) is 34.4 Å². The number of hydrogen-bond donors (Lipinski definition) is 1. The molecule has 1 aromatic heterocycles. The van der Waals surface area contributed by atoms with Gasteiger partial charge in [0.15, 0.2) is 17.6 Å². The van der Waals surface area contributed by atoms with Gasteiger partial charge in [-0.25, -0.2) is 14.5 Å². The minimum absolute atomic E-state index is 0.0174. The number of benzene rings is 3. The topological polar surface area (TPSA) is 111 Å². The lowest BCUT2D eigenvalue weighted by atomic mass is 10.00. The van der Waals surface area contributed by atoms with Crippen LogP contribution in [-0.4, -0.2) is 69.2 Å². The van der Waals surface area contributed by atoms with Crippen LogP contribution in [0.5, 0.6) is 11.5 Å². The zero-order valence-corrected chi connectivity index (χ0v) is 27.2. The van der Waals surface area contributed by atoms with Gasteiger partial charge in [-0.1, -0.05) is 49.0 Å². The molecular weight excluding hydrogens is 716 g/mol. The van der Waals surface area contributed by atoms with Crippen molar-refractivity contribution in [2.45, 2.75) is 38.2 Å². The van der Waals surface area contributed by atoms with Crippen molar-refractivity contribution in [2.75, 3.05) is 23.8 Å². The van der Waals surface area contributed by atoms with Crippen LogP contribution in [0, 0.1) is 6.92 Å². The standard InChI is InChI=1S/C32H26F8N6O4S/c1-18-3-12-25(49-16-30(33,34)35)24(13-18)46-26(47)15-51-29(46)43-28(48)41-14-19(2)20-4-6-21(7-5-20)27-42-17-45(44-27)22-8-10-23(11-9-22)50-32(39,40)31(36,37)38/h3-13,17,19H,14-16H2,1-2H3,(H,41,48). The molecule has 1 atom stereocenters. The van der Waals surface area contributed by atoms with Gasteiger partial charge in [-0.3, -0.25) is 9.69 Å². The molecule has 2 heterocycles. The number of thioether (sulfide) groups is 1. The summed E-state index contributed by atoms with van der Waals surface area (Å²) < 4.78 is 112. The van der Waals surface area contributed by atoms with Crippen molar-refractivity contribution >= 4 is 34.6 Å². The molecule has 0 spiro atoms. The first-order chi connectivity index (χ1) is 23.9. The Bertz CT molecular complexity index is 1910. The number of halogens is 8. The van der Waals surface area contributed by atoms with Crippen LogP contribution in [0.1, 0.15) is 24.0 Å². The smallest absolute Gasteiger partial charge is 0.482 e. The molecule has 51 heavy (non-hydrogen) atoms. The van der Waals surface area contributed by atoms with E-state index in [4.69, 9.17) is 4.74 Å².